The van der Waals surface area contributed by atoms with E-state index in [9.17, 15) is 13.5 Å². The minimum atomic E-state index is -4.21. The Kier molecular flexibility index (Phi) is 3.36. The summed E-state index contributed by atoms with van der Waals surface area (Å²) in [6.07, 6.45) is 0.490. The second kappa shape index (κ2) is 4.20. The topological polar surface area (TPSA) is 74.6 Å². The van der Waals surface area contributed by atoms with E-state index in [1.54, 1.807) is 0 Å². The van der Waals surface area contributed by atoms with Gasteiger partial charge in [0.05, 0.1) is 4.90 Å². The van der Waals surface area contributed by atoms with Gasteiger partial charge in [0.1, 0.15) is 5.75 Å². The van der Waals surface area contributed by atoms with Crippen molar-refractivity contribution in [3.05, 3.63) is 23.8 Å². The van der Waals surface area contributed by atoms with E-state index in [4.69, 9.17) is 4.55 Å². The molecular formula is C10H14O4S. The lowest BCUT2D eigenvalue weighted by Gasteiger charge is -2.09. The summed E-state index contributed by atoms with van der Waals surface area (Å²) in [5.74, 6) is 0.241. The SMILES string of the molecule is CC(C)Cc1cc(O)ccc1S(=O)(=O)O. The molecule has 84 valence electrons. The number of aromatic hydroxyl groups is 1. The van der Waals surface area contributed by atoms with Crippen molar-refractivity contribution in [3.63, 3.8) is 0 Å². The van der Waals surface area contributed by atoms with Gasteiger partial charge in [-0.1, -0.05) is 13.8 Å². The van der Waals surface area contributed by atoms with E-state index >= 15 is 0 Å². The van der Waals surface area contributed by atoms with Gasteiger partial charge in [-0.05, 0) is 36.1 Å². The quantitative estimate of drug-likeness (QED) is 0.777. The molecule has 1 aromatic carbocycles. The highest BCUT2D eigenvalue weighted by Crippen LogP contribution is 2.23. The van der Waals surface area contributed by atoms with E-state index in [1.807, 2.05) is 13.8 Å². The van der Waals surface area contributed by atoms with Crippen LogP contribution in [-0.2, 0) is 16.5 Å². The molecule has 0 aliphatic rings. The average Bonchev–Trinajstić information content (AvgIpc) is 1.99. The van der Waals surface area contributed by atoms with Gasteiger partial charge in [-0.2, -0.15) is 8.42 Å². The molecule has 0 amide bonds. The van der Waals surface area contributed by atoms with Crippen molar-refractivity contribution in [1.82, 2.24) is 0 Å². The summed E-state index contributed by atoms with van der Waals surface area (Å²) < 4.78 is 31.0. The molecule has 2 N–H and O–H groups in total. The maximum Gasteiger partial charge on any atom is 0.294 e. The maximum absolute atomic E-state index is 11.0. The third kappa shape index (κ3) is 3.21. The van der Waals surface area contributed by atoms with Gasteiger partial charge in [-0.15, -0.1) is 0 Å². The van der Waals surface area contributed by atoms with Crippen LogP contribution in [0.3, 0.4) is 0 Å². The first-order valence-electron chi connectivity index (χ1n) is 4.60. The van der Waals surface area contributed by atoms with Crippen LogP contribution in [0.1, 0.15) is 19.4 Å². The van der Waals surface area contributed by atoms with E-state index < -0.39 is 10.1 Å². The van der Waals surface area contributed by atoms with Crippen molar-refractivity contribution in [2.75, 3.05) is 0 Å². The van der Waals surface area contributed by atoms with Crippen LogP contribution in [0.15, 0.2) is 23.1 Å². The summed E-state index contributed by atoms with van der Waals surface area (Å²) in [4.78, 5) is -0.131. The fraction of sp³-hybridized carbons (Fsp3) is 0.400. The first-order chi connectivity index (χ1) is 6.80. The Morgan fingerprint density at radius 3 is 2.40 bits per heavy atom. The number of benzene rings is 1. The molecule has 1 aromatic rings. The number of phenols is 1. The normalized spacial score (nSPS) is 12.0. The van der Waals surface area contributed by atoms with Crippen molar-refractivity contribution in [2.45, 2.75) is 25.2 Å². The van der Waals surface area contributed by atoms with Gasteiger partial charge in [-0.25, -0.2) is 0 Å². The Morgan fingerprint density at radius 1 is 1.33 bits per heavy atom. The molecule has 0 heterocycles. The molecule has 0 spiro atoms. The fourth-order valence-corrected chi connectivity index (χ4v) is 2.13. The van der Waals surface area contributed by atoms with Crippen molar-refractivity contribution in [3.8, 4) is 5.75 Å². The highest BCUT2D eigenvalue weighted by atomic mass is 32.2. The van der Waals surface area contributed by atoms with Crippen LogP contribution >= 0.6 is 0 Å². The molecule has 5 heteroatoms. The van der Waals surface area contributed by atoms with E-state index in [1.165, 1.54) is 18.2 Å². The van der Waals surface area contributed by atoms with Crippen LogP contribution in [0.25, 0.3) is 0 Å². The van der Waals surface area contributed by atoms with Crippen LogP contribution in [0, 0.1) is 5.92 Å². The van der Waals surface area contributed by atoms with Gasteiger partial charge >= 0.3 is 0 Å². The number of phenolic OH excluding ortho intramolecular Hbond substituents is 1. The number of rotatable bonds is 3. The molecule has 15 heavy (non-hydrogen) atoms. The zero-order valence-electron chi connectivity index (χ0n) is 8.64. The Morgan fingerprint density at radius 2 is 1.93 bits per heavy atom. The second-order valence-electron chi connectivity index (χ2n) is 3.87. The third-order valence-corrected chi connectivity index (χ3v) is 2.90. The first-order valence-corrected chi connectivity index (χ1v) is 6.04. The summed E-state index contributed by atoms with van der Waals surface area (Å²) in [6, 6.07) is 3.82. The zero-order chi connectivity index (χ0) is 11.6. The van der Waals surface area contributed by atoms with Crippen molar-refractivity contribution in [2.24, 2.45) is 5.92 Å². The van der Waals surface area contributed by atoms with Gasteiger partial charge in [0.2, 0.25) is 0 Å². The average molecular weight is 230 g/mol. The lowest BCUT2D eigenvalue weighted by Crippen LogP contribution is -2.05. The molecule has 0 aromatic heterocycles. The third-order valence-electron chi connectivity index (χ3n) is 1.95. The van der Waals surface area contributed by atoms with E-state index in [-0.39, 0.29) is 16.6 Å². The van der Waals surface area contributed by atoms with Gasteiger partial charge in [0.15, 0.2) is 0 Å². The van der Waals surface area contributed by atoms with Crippen molar-refractivity contribution >= 4 is 10.1 Å². The minimum absolute atomic E-state index is 0.00181. The molecular weight excluding hydrogens is 216 g/mol. The molecule has 1 rings (SSSR count). The van der Waals surface area contributed by atoms with Crippen LogP contribution in [-0.4, -0.2) is 18.1 Å². The Hall–Kier alpha value is -1.07. The van der Waals surface area contributed by atoms with Crippen molar-refractivity contribution < 1.29 is 18.1 Å². The van der Waals surface area contributed by atoms with E-state index in [0.717, 1.165) is 0 Å². The monoisotopic (exact) mass is 230 g/mol. The molecule has 0 saturated heterocycles. The summed E-state index contributed by atoms with van der Waals surface area (Å²) >= 11 is 0. The van der Waals surface area contributed by atoms with Gasteiger partial charge in [0.25, 0.3) is 10.1 Å². The number of hydrogen-bond acceptors (Lipinski definition) is 3. The lowest BCUT2D eigenvalue weighted by atomic mass is 10.0. The van der Waals surface area contributed by atoms with Crippen LogP contribution in [0.2, 0.25) is 0 Å². The molecule has 0 unspecified atom stereocenters. The van der Waals surface area contributed by atoms with Crippen LogP contribution in [0.4, 0.5) is 0 Å². The first kappa shape index (κ1) is 12.0. The molecule has 0 atom stereocenters. The second-order valence-corrected chi connectivity index (χ2v) is 5.26. The molecule has 4 nitrogen and oxygen atoms in total. The predicted octanol–water partition coefficient (Wildman–Crippen LogP) is 1.84. The van der Waals surface area contributed by atoms with Gasteiger partial charge in [0, 0.05) is 0 Å². The molecule has 0 aliphatic heterocycles. The van der Waals surface area contributed by atoms with Gasteiger partial charge < -0.3 is 5.11 Å². The Balaban J connectivity index is 3.27. The summed E-state index contributed by atoms with van der Waals surface area (Å²) in [5, 5.41) is 9.24. The maximum atomic E-state index is 11.0. The summed E-state index contributed by atoms with van der Waals surface area (Å²) in [5.41, 5.74) is 0.438. The molecule has 0 fully saturated rings. The van der Waals surface area contributed by atoms with E-state index in [0.29, 0.717) is 12.0 Å². The Bertz CT molecular complexity index is 448. The van der Waals surface area contributed by atoms with E-state index in [2.05, 4.69) is 0 Å². The predicted molar refractivity (Wildman–Crippen MR) is 56.5 cm³/mol. The molecule has 0 radical (unpaired) electrons. The summed E-state index contributed by atoms with van der Waals surface area (Å²) in [7, 11) is -4.21. The highest BCUT2D eigenvalue weighted by molar-refractivity contribution is 7.85. The van der Waals surface area contributed by atoms with Crippen molar-refractivity contribution in [1.29, 1.82) is 0 Å². The van der Waals surface area contributed by atoms with Crippen LogP contribution in [0.5, 0.6) is 5.75 Å². The Labute approximate surface area is 89.3 Å². The zero-order valence-corrected chi connectivity index (χ0v) is 9.45. The molecule has 0 aliphatic carbocycles. The molecule has 0 saturated carbocycles. The summed E-state index contributed by atoms with van der Waals surface area (Å²) in [6.45, 7) is 3.86. The standard InChI is InChI=1S/C10H14O4S/c1-7(2)5-8-6-9(11)3-4-10(8)15(12,13)14/h3-4,6-7,11H,5H2,1-2H3,(H,12,13,14). The minimum Gasteiger partial charge on any atom is -0.508 e. The molecule has 0 bridgehead atoms. The number of hydrogen-bond donors (Lipinski definition) is 2. The fourth-order valence-electron chi connectivity index (χ4n) is 1.42. The smallest absolute Gasteiger partial charge is 0.294 e. The highest BCUT2D eigenvalue weighted by Gasteiger charge is 2.16. The van der Waals surface area contributed by atoms with Gasteiger partial charge in [-0.3, -0.25) is 4.55 Å². The largest absolute Gasteiger partial charge is 0.508 e. The van der Waals surface area contributed by atoms with Crippen LogP contribution < -0.4 is 0 Å². The lowest BCUT2D eigenvalue weighted by molar-refractivity contribution is 0.469.